The number of thiocarbonyl (C=S) groups is 1. The van der Waals surface area contributed by atoms with Crippen LogP contribution in [-0.4, -0.2) is 35.8 Å². The van der Waals surface area contributed by atoms with E-state index in [0.29, 0.717) is 13.1 Å². The SMILES string of the molecule is FC(F)(F)COc1ccc(C(=S)N2CCC2)cc1C(F)(F)F. The molecular weight excluding hydrogens is 332 g/mol. The van der Waals surface area contributed by atoms with E-state index in [1.54, 1.807) is 4.90 Å². The minimum absolute atomic E-state index is 0.140. The number of alkyl halides is 6. The van der Waals surface area contributed by atoms with E-state index in [0.717, 1.165) is 18.6 Å². The number of hydrogen-bond donors (Lipinski definition) is 0. The molecule has 22 heavy (non-hydrogen) atoms. The van der Waals surface area contributed by atoms with Crippen LogP contribution in [0.25, 0.3) is 0 Å². The molecule has 0 aromatic heterocycles. The van der Waals surface area contributed by atoms with E-state index in [1.807, 2.05) is 0 Å². The molecule has 0 radical (unpaired) electrons. The quantitative estimate of drug-likeness (QED) is 0.607. The summed E-state index contributed by atoms with van der Waals surface area (Å²) in [5, 5.41) is 0. The topological polar surface area (TPSA) is 12.5 Å². The van der Waals surface area contributed by atoms with Gasteiger partial charge in [-0.15, -0.1) is 0 Å². The lowest BCUT2D eigenvalue weighted by atomic mass is 10.1. The van der Waals surface area contributed by atoms with Gasteiger partial charge in [0.1, 0.15) is 10.7 Å². The Kier molecular flexibility index (Phi) is 4.55. The minimum Gasteiger partial charge on any atom is -0.483 e. The van der Waals surface area contributed by atoms with E-state index >= 15 is 0 Å². The lowest BCUT2D eigenvalue weighted by molar-refractivity contribution is -0.158. The van der Waals surface area contributed by atoms with Crippen molar-refractivity contribution in [1.29, 1.82) is 0 Å². The van der Waals surface area contributed by atoms with Gasteiger partial charge in [-0.3, -0.25) is 0 Å². The first kappa shape index (κ1) is 16.9. The van der Waals surface area contributed by atoms with Gasteiger partial charge in [0.05, 0.1) is 5.56 Å². The van der Waals surface area contributed by atoms with Gasteiger partial charge >= 0.3 is 12.4 Å². The Labute approximate surface area is 127 Å². The number of hydrogen-bond acceptors (Lipinski definition) is 2. The zero-order valence-corrected chi connectivity index (χ0v) is 11.9. The van der Waals surface area contributed by atoms with Crippen LogP contribution in [0.2, 0.25) is 0 Å². The van der Waals surface area contributed by atoms with Gasteiger partial charge in [-0.2, -0.15) is 26.3 Å². The lowest BCUT2D eigenvalue weighted by Crippen LogP contribution is -2.41. The van der Waals surface area contributed by atoms with Crippen molar-refractivity contribution in [1.82, 2.24) is 4.90 Å². The Bertz CT molecular complexity index is 565. The number of ether oxygens (including phenoxy) is 1. The number of benzene rings is 1. The molecule has 1 aromatic carbocycles. The third-order valence-corrected chi connectivity index (χ3v) is 3.56. The molecule has 0 spiro atoms. The van der Waals surface area contributed by atoms with Gasteiger partial charge in [-0.1, -0.05) is 12.2 Å². The molecular formula is C13H11F6NOS. The molecule has 1 aromatic rings. The normalized spacial score (nSPS) is 15.5. The monoisotopic (exact) mass is 343 g/mol. The van der Waals surface area contributed by atoms with Crippen molar-refractivity contribution in [3.8, 4) is 5.75 Å². The standard InChI is InChI=1S/C13H11F6NOS/c14-12(15,16)7-21-10-3-2-8(6-9(10)13(17,18)19)11(22)20-4-1-5-20/h2-3,6H,1,4-5,7H2. The average molecular weight is 343 g/mol. The second-order valence-electron chi connectivity index (χ2n) is 4.76. The number of nitrogens with zero attached hydrogens (tertiary/aromatic N) is 1. The van der Waals surface area contributed by atoms with Crippen LogP contribution in [0.4, 0.5) is 26.3 Å². The van der Waals surface area contributed by atoms with E-state index in [1.165, 1.54) is 6.07 Å². The van der Waals surface area contributed by atoms with Gasteiger partial charge in [0, 0.05) is 18.7 Å². The summed E-state index contributed by atoms with van der Waals surface area (Å²) in [5.41, 5.74) is -1.13. The predicted molar refractivity (Wildman–Crippen MR) is 70.9 cm³/mol. The minimum atomic E-state index is -4.83. The fourth-order valence-electron chi connectivity index (χ4n) is 1.87. The molecule has 1 aliphatic rings. The molecule has 0 aliphatic carbocycles. The zero-order valence-electron chi connectivity index (χ0n) is 11.1. The summed E-state index contributed by atoms with van der Waals surface area (Å²) in [7, 11) is 0. The maximum Gasteiger partial charge on any atom is 0.422 e. The fourth-order valence-corrected chi connectivity index (χ4v) is 2.18. The largest absolute Gasteiger partial charge is 0.483 e. The van der Waals surface area contributed by atoms with Crippen LogP contribution in [0.3, 0.4) is 0 Å². The molecule has 0 N–H and O–H groups in total. The van der Waals surface area contributed by atoms with E-state index in [4.69, 9.17) is 12.2 Å². The molecule has 9 heteroatoms. The first-order valence-electron chi connectivity index (χ1n) is 6.28. The smallest absolute Gasteiger partial charge is 0.422 e. The Hall–Kier alpha value is -1.51. The van der Waals surface area contributed by atoms with Gasteiger partial charge in [0.2, 0.25) is 0 Å². The van der Waals surface area contributed by atoms with E-state index in [9.17, 15) is 26.3 Å². The molecule has 0 atom stereocenters. The highest BCUT2D eigenvalue weighted by molar-refractivity contribution is 7.80. The summed E-state index contributed by atoms with van der Waals surface area (Å²) in [4.78, 5) is 1.97. The maximum absolute atomic E-state index is 13.0. The van der Waals surface area contributed by atoms with Crippen molar-refractivity contribution in [2.75, 3.05) is 19.7 Å². The maximum atomic E-state index is 13.0. The molecule has 122 valence electrons. The molecule has 1 heterocycles. The molecule has 1 saturated heterocycles. The average Bonchev–Trinajstić information content (AvgIpc) is 2.32. The van der Waals surface area contributed by atoms with E-state index < -0.39 is 30.3 Å². The first-order chi connectivity index (χ1) is 10.1. The molecule has 2 rings (SSSR count). The molecule has 0 saturated carbocycles. The van der Waals surface area contributed by atoms with Crippen LogP contribution < -0.4 is 4.74 Å². The summed E-state index contributed by atoms with van der Waals surface area (Å²) in [6.07, 6.45) is -8.64. The second kappa shape index (κ2) is 5.94. The highest BCUT2D eigenvalue weighted by Gasteiger charge is 2.37. The fraction of sp³-hybridized carbons (Fsp3) is 0.462. The third-order valence-electron chi connectivity index (χ3n) is 3.07. The molecule has 0 bridgehead atoms. The van der Waals surface area contributed by atoms with Gasteiger partial charge in [0.15, 0.2) is 6.61 Å². The summed E-state index contributed by atoms with van der Waals surface area (Å²) in [6.45, 7) is -0.467. The van der Waals surface area contributed by atoms with Crippen LogP contribution in [0.5, 0.6) is 5.75 Å². The molecule has 1 aliphatic heterocycles. The van der Waals surface area contributed by atoms with Crippen LogP contribution in [0.1, 0.15) is 17.5 Å². The van der Waals surface area contributed by atoms with Crippen LogP contribution in [0.15, 0.2) is 18.2 Å². The highest BCUT2D eigenvalue weighted by Crippen LogP contribution is 2.37. The van der Waals surface area contributed by atoms with Crippen molar-refractivity contribution in [2.24, 2.45) is 0 Å². The van der Waals surface area contributed by atoms with Crippen molar-refractivity contribution in [3.63, 3.8) is 0 Å². The van der Waals surface area contributed by atoms with Gasteiger partial charge in [0.25, 0.3) is 0 Å². The third kappa shape index (κ3) is 4.02. The van der Waals surface area contributed by atoms with Crippen LogP contribution in [0, 0.1) is 0 Å². The van der Waals surface area contributed by atoms with Crippen LogP contribution >= 0.6 is 12.2 Å². The van der Waals surface area contributed by atoms with Crippen molar-refractivity contribution in [2.45, 2.75) is 18.8 Å². The van der Waals surface area contributed by atoms with E-state index in [-0.39, 0.29) is 10.6 Å². The van der Waals surface area contributed by atoms with E-state index in [2.05, 4.69) is 4.74 Å². The van der Waals surface area contributed by atoms with Crippen molar-refractivity contribution in [3.05, 3.63) is 29.3 Å². The van der Waals surface area contributed by atoms with Crippen molar-refractivity contribution >= 4 is 17.2 Å². The lowest BCUT2D eigenvalue weighted by Gasteiger charge is -2.33. The number of halogens is 6. The van der Waals surface area contributed by atoms with Gasteiger partial charge in [-0.25, -0.2) is 0 Å². The Morgan fingerprint density at radius 3 is 2.23 bits per heavy atom. The van der Waals surface area contributed by atoms with Gasteiger partial charge in [-0.05, 0) is 24.6 Å². The zero-order chi connectivity index (χ0) is 16.5. The Morgan fingerprint density at radius 1 is 1.14 bits per heavy atom. The van der Waals surface area contributed by atoms with Gasteiger partial charge < -0.3 is 9.64 Å². The summed E-state index contributed by atoms with van der Waals surface area (Å²) >= 11 is 5.08. The summed E-state index contributed by atoms with van der Waals surface area (Å²) in [6, 6.07) is 2.84. The van der Waals surface area contributed by atoms with Crippen molar-refractivity contribution < 1.29 is 31.1 Å². The molecule has 0 amide bonds. The number of likely N-dealkylation sites (tertiary alicyclic amines) is 1. The highest BCUT2D eigenvalue weighted by atomic mass is 32.1. The molecule has 2 nitrogen and oxygen atoms in total. The molecule has 1 fully saturated rings. The first-order valence-corrected chi connectivity index (χ1v) is 6.69. The second-order valence-corrected chi connectivity index (χ2v) is 5.15. The predicted octanol–water partition coefficient (Wildman–Crippen LogP) is 4.03. The summed E-state index contributed by atoms with van der Waals surface area (Å²) < 4.78 is 79.5. The molecule has 0 unspecified atom stereocenters. The number of rotatable bonds is 3. The Morgan fingerprint density at radius 2 is 1.77 bits per heavy atom. The van der Waals surface area contributed by atoms with Crippen LogP contribution in [-0.2, 0) is 6.18 Å². The Balaban J connectivity index is 2.28. The summed E-state index contributed by atoms with van der Waals surface area (Å²) in [5.74, 6) is -0.861.